The summed E-state index contributed by atoms with van der Waals surface area (Å²) in [5, 5.41) is 3.60. The number of hydrogen-bond acceptors (Lipinski definition) is 4. The third-order valence-electron chi connectivity index (χ3n) is 6.15. The molecule has 1 aromatic carbocycles. The summed E-state index contributed by atoms with van der Waals surface area (Å²) >= 11 is 6.03. The zero-order valence-electron chi connectivity index (χ0n) is 22.2. The molecule has 1 aliphatic heterocycles. The fourth-order valence-corrected chi connectivity index (χ4v) is 4.51. The number of halogens is 1. The van der Waals surface area contributed by atoms with Crippen molar-refractivity contribution in [2.75, 3.05) is 40.3 Å². The maximum Gasteiger partial charge on any atom is 0.245 e. The Morgan fingerprint density at radius 3 is 2.31 bits per heavy atom. The van der Waals surface area contributed by atoms with Gasteiger partial charge >= 0.3 is 0 Å². The van der Waals surface area contributed by atoms with E-state index < -0.39 is 6.04 Å². The van der Waals surface area contributed by atoms with Crippen LogP contribution in [-0.2, 0) is 20.8 Å². The van der Waals surface area contributed by atoms with Crippen LogP contribution in [-0.4, -0.2) is 84.8 Å². The smallest absolute Gasteiger partial charge is 0.245 e. The minimum Gasteiger partial charge on any atom is -0.344 e. The van der Waals surface area contributed by atoms with Gasteiger partial charge in [0.05, 0.1) is 6.04 Å². The molecule has 7 nitrogen and oxygen atoms in total. The summed E-state index contributed by atoms with van der Waals surface area (Å²) in [7, 11) is 3.83. The maximum atomic E-state index is 13.6. The Labute approximate surface area is 216 Å². The van der Waals surface area contributed by atoms with Gasteiger partial charge in [-0.25, -0.2) is 0 Å². The first-order valence-electron chi connectivity index (χ1n) is 12.7. The summed E-state index contributed by atoms with van der Waals surface area (Å²) in [6.07, 6.45) is 1.99. The third-order valence-corrected chi connectivity index (χ3v) is 6.41. The van der Waals surface area contributed by atoms with Crippen molar-refractivity contribution in [1.82, 2.24) is 20.0 Å². The first-order valence-corrected chi connectivity index (χ1v) is 13.1. The highest BCUT2D eigenvalue weighted by molar-refractivity contribution is 6.30. The summed E-state index contributed by atoms with van der Waals surface area (Å²) < 4.78 is 0. The molecule has 3 amide bonds. The fraction of sp³-hybridized carbons (Fsp3) is 0.667. The Balaban J connectivity index is 2.14. The van der Waals surface area contributed by atoms with Crippen LogP contribution >= 0.6 is 11.6 Å². The van der Waals surface area contributed by atoms with E-state index in [4.69, 9.17) is 11.6 Å². The standard InChI is InChI=1S/C27H43ClN4O3/c1-19(2)15-26(34)32(17-20(3)4)23-11-14-31(18-23)27(35)24(29-25(33)12-13-30(5)6)16-21-7-9-22(28)10-8-21/h7-10,19-20,23-24H,11-18H2,1-6H3,(H,29,33)/t23-,24+/m0/s1. The summed E-state index contributed by atoms with van der Waals surface area (Å²) in [5.41, 5.74) is 0.935. The summed E-state index contributed by atoms with van der Waals surface area (Å²) in [5.74, 6) is 0.557. The van der Waals surface area contributed by atoms with Crippen LogP contribution < -0.4 is 5.32 Å². The van der Waals surface area contributed by atoms with E-state index in [0.717, 1.165) is 12.0 Å². The molecule has 1 N–H and O–H groups in total. The molecule has 0 unspecified atom stereocenters. The molecule has 8 heteroatoms. The number of benzene rings is 1. The molecule has 0 saturated carbocycles. The lowest BCUT2D eigenvalue weighted by atomic mass is 10.0. The van der Waals surface area contributed by atoms with Crippen molar-refractivity contribution in [1.29, 1.82) is 0 Å². The van der Waals surface area contributed by atoms with Crippen LogP contribution in [0.4, 0.5) is 0 Å². The van der Waals surface area contributed by atoms with Gasteiger partial charge in [0.25, 0.3) is 0 Å². The average molecular weight is 507 g/mol. The fourth-order valence-electron chi connectivity index (χ4n) is 4.38. The number of amides is 3. The van der Waals surface area contributed by atoms with Crippen molar-refractivity contribution in [2.45, 2.75) is 65.5 Å². The Bertz CT molecular complexity index is 841. The Morgan fingerprint density at radius 1 is 1.09 bits per heavy atom. The van der Waals surface area contributed by atoms with Crippen molar-refractivity contribution in [3.8, 4) is 0 Å². The van der Waals surface area contributed by atoms with Crippen LogP contribution in [0.5, 0.6) is 0 Å². The van der Waals surface area contributed by atoms with Crippen LogP contribution in [0.3, 0.4) is 0 Å². The lowest BCUT2D eigenvalue weighted by Gasteiger charge is -2.32. The molecule has 0 radical (unpaired) electrons. The van der Waals surface area contributed by atoms with Gasteiger partial charge in [-0.15, -0.1) is 0 Å². The minimum absolute atomic E-state index is 0.00762. The van der Waals surface area contributed by atoms with E-state index in [-0.39, 0.29) is 29.7 Å². The topological polar surface area (TPSA) is 73.0 Å². The van der Waals surface area contributed by atoms with Crippen molar-refractivity contribution in [3.63, 3.8) is 0 Å². The highest BCUT2D eigenvalue weighted by atomic mass is 35.5. The van der Waals surface area contributed by atoms with Gasteiger partial charge in [-0.05, 0) is 50.0 Å². The van der Waals surface area contributed by atoms with Gasteiger partial charge < -0.3 is 20.0 Å². The normalized spacial score (nSPS) is 16.7. The molecular weight excluding hydrogens is 464 g/mol. The Morgan fingerprint density at radius 2 is 1.74 bits per heavy atom. The predicted molar refractivity (Wildman–Crippen MR) is 141 cm³/mol. The molecule has 0 aromatic heterocycles. The molecule has 0 bridgehead atoms. The molecule has 196 valence electrons. The minimum atomic E-state index is -0.658. The van der Waals surface area contributed by atoms with E-state index in [9.17, 15) is 14.4 Å². The van der Waals surface area contributed by atoms with Crippen molar-refractivity contribution < 1.29 is 14.4 Å². The second kappa shape index (κ2) is 13.8. The number of likely N-dealkylation sites (tertiary alicyclic amines) is 1. The molecule has 1 saturated heterocycles. The lowest BCUT2D eigenvalue weighted by Crippen LogP contribution is -2.51. The molecule has 2 atom stereocenters. The number of carbonyl (C=O) groups excluding carboxylic acids is 3. The number of nitrogens with zero attached hydrogens (tertiary/aromatic N) is 3. The van der Waals surface area contributed by atoms with Crippen LogP contribution in [0.1, 0.15) is 52.5 Å². The van der Waals surface area contributed by atoms with Gasteiger partial charge in [-0.1, -0.05) is 51.4 Å². The van der Waals surface area contributed by atoms with E-state index in [1.165, 1.54) is 0 Å². The van der Waals surface area contributed by atoms with Gasteiger partial charge in [-0.2, -0.15) is 0 Å². The zero-order chi connectivity index (χ0) is 26.1. The second-order valence-corrected chi connectivity index (χ2v) is 11.2. The molecule has 1 aromatic rings. The second-order valence-electron chi connectivity index (χ2n) is 10.8. The molecule has 0 spiro atoms. The Kier molecular flexibility index (Phi) is 11.5. The quantitative estimate of drug-likeness (QED) is 0.471. The summed E-state index contributed by atoms with van der Waals surface area (Å²) in [6, 6.07) is 6.71. The van der Waals surface area contributed by atoms with Crippen LogP contribution in [0, 0.1) is 11.8 Å². The largest absolute Gasteiger partial charge is 0.344 e. The number of nitrogens with one attached hydrogen (secondary N) is 1. The number of rotatable bonds is 12. The van der Waals surface area contributed by atoms with E-state index in [2.05, 4.69) is 33.0 Å². The monoisotopic (exact) mass is 506 g/mol. The van der Waals surface area contributed by atoms with Gasteiger partial charge in [0.2, 0.25) is 17.7 Å². The third kappa shape index (κ3) is 9.80. The van der Waals surface area contributed by atoms with E-state index in [1.807, 2.05) is 40.9 Å². The molecule has 1 heterocycles. The summed E-state index contributed by atoms with van der Waals surface area (Å²) in [4.78, 5) is 44.9. The predicted octanol–water partition coefficient (Wildman–Crippen LogP) is 3.45. The van der Waals surface area contributed by atoms with Crippen LogP contribution in [0.25, 0.3) is 0 Å². The SMILES string of the molecule is CC(C)CC(=O)N(CC(C)C)[C@H]1CCN(C(=O)[C@@H](Cc2ccc(Cl)cc2)NC(=O)CCN(C)C)C1. The first kappa shape index (κ1) is 29.1. The van der Waals surface area contributed by atoms with Crippen molar-refractivity contribution in [3.05, 3.63) is 34.9 Å². The molecule has 1 fully saturated rings. The van der Waals surface area contributed by atoms with E-state index >= 15 is 0 Å². The van der Waals surface area contributed by atoms with Gasteiger partial charge in [0, 0.05) is 50.5 Å². The van der Waals surface area contributed by atoms with Crippen LogP contribution in [0.2, 0.25) is 5.02 Å². The van der Waals surface area contributed by atoms with Crippen LogP contribution in [0.15, 0.2) is 24.3 Å². The molecule has 0 aliphatic carbocycles. The van der Waals surface area contributed by atoms with Crippen molar-refractivity contribution in [2.24, 2.45) is 11.8 Å². The van der Waals surface area contributed by atoms with Crippen molar-refractivity contribution >= 4 is 29.3 Å². The number of carbonyl (C=O) groups is 3. The molecular formula is C27H43ClN4O3. The van der Waals surface area contributed by atoms with Gasteiger partial charge in [-0.3, -0.25) is 14.4 Å². The lowest BCUT2D eigenvalue weighted by molar-refractivity contribution is -0.137. The maximum absolute atomic E-state index is 13.6. The van der Waals surface area contributed by atoms with E-state index in [0.29, 0.717) is 56.4 Å². The zero-order valence-corrected chi connectivity index (χ0v) is 23.0. The average Bonchev–Trinajstić information content (AvgIpc) is 3.25. The molecule has 35 heavy (non-hydrogen) atoms. The molecule has 1 aliphatic rings. The molecule has 2 rings (SSSR count). The Hall–Kier alpha value is -2.12. The highest BCUT2D eigenvalue weighted by Gasteiger charge is 2.36. The highest BCUT2D eigenvalue weighted by Crippen LogP contribution is 2.21. The number of hydrogen-bond donors (Lipinski definition) is 1. The summed E-state index contributed by atoms with van der Waals surface area (Å²) in [6.45, 7) is 10.7. The van der Waals surface area contributed by atoms with E-state index in [1.54, 1.807) is 12.1 Å². The van der Waals surface area contributed by atoms with Gasteiger partial charge in [0.15, 0.2) is 0 Å². The van der Waals surface area contributed by atoms with Gasteiger partial charge in [0.1, 0.15) is 6.04 Å². The first-order chi connectivity index (χ1) is 16.5.